The van der Waals surface area contributed by atoms with Crippen LogP contribution in [-0.2, 0) is 9.59 Å². The topological polar surface area (TPSA) is 71.1 Å². The van der Waals surface area contributed by atoms with Gasteiger partial charge in [0.05, 0.1) is 16.2 Å². The molecule has 102 valence electrons. The molecule has 1 aliphatic heterocycles. The number of halogens is 1. The second-order valence-corrected chi connectivity index (χ2v) is 5.05. The Morgan fingerprint density at radius 2 is 2.25 bits per heavy atom. The van der Waals surface area contributed by atoms with Crippen molar-refractivity contribution in [2.45, 2.75) is 18.9 Å². The lowest BCUT2D eigenvalue weighted by Crippen LogP contribution is -2.37. The highest BCUT2D eigenvalue weighted by molar-refractivity contribution is 6.36. The molecule has 1 aromatic carbocycles. The predicted octanol–water partition coefficient (Wildman–Crippen LogP) is 2.11. The summed E-state index contributed by atoms with van der Waals surface area (Å²) in [6.07, 6.45) is 2.55. The van der Waals surface area contributed by atoms with Crippen LogP contribution < -0.4 is 10.6 Å². The number of nitrogens with zero attached hydrogens (tertiary/aromatic N) is 1. The Labute approximate surface area is 120 Å². The van der Waals surface area contributed by atoms with Crippen LogP contribution in [-0.4, -0.2) is 22.8 Å². The lowest BCUT2D eigenvalue weighted by molar-refractivity contribution is -0.122. The number of hydrogen-bond acceptors (Lipinski definition) is 3. The third kappa shape index (κ3) is 2.32. The van der Waals surface area contributed by atoms with E-state index in [1.54, 1.807) is 24.4 Å². The van der Waals surface area contributed by atoms with Crippen LogP contribution in [0.3, 0.4) is 0 Å². The van der Waals surface area contributed by atoms with Gasteiger partial charge in [-0.2, -0.15) is 0 Å². The maximum Gasteiger partial charge on any atom is 0.247 e. The summed E-state index contributed by atoms with van der Waals surface area (Å²) in [7, 11) is 0. The Morgan fingerprint density at radius 3 is 3.00 bits per heavy atom. The molecule has 1 fully saturated rings. The van der Waals surface area contributed by atoms with Gasteiger partial charge in [0.1, 0.15) is 6.04 Å². The second kappa shape index (κ2) is 5.09. The zero-order valence-electron chi connectivity index (χ0n) is 10.5. The number of rotatable bonds is 2. The number of aromatic nitrogens is 1. The Bertz CT molecular complexity index is 702. The van der Waals surface area contributed by atoms with E-state index in [0.717, 1.165) is 5.39 Å². The highest BCUT2D eigenvalue weighted by atomic mass is 35.5. The number of benzene rings is 1. The summed E-state index contributed by atoms with van der Waals surface area (Å²) in [6, 6.07) is 6.59. The number of anilines is 1. The van der Waals surface area contributed by atoms with E-state index in [-0.39, 0.29) is 11.8 Å². The lowest BCUT2D eigenvalue weighted by atomic mass is 10.1. The quantitative estimate of drug-likeness (QED) is 0.889. The highest BCUT2D eigenvalue weighted by Gasteiger charge is 2.27. The van der Waals surface area contributed by atoms with Crippen molar-refractivity contribution in [2.24, 2.45) is 0 Å². The summed E-state index contributed by atoms with van der Waals surface area (Å²) in [5, 5.41) is 6.80. The summed E-state index contributed by atoms with van der Waals surface area (Å²) >= 11 is 6.10. The van der Waals surface area contributed by atoms with Crippen molar-refractivity contribution in [1.29, 1.82) is 0 Å². The molecule has 2 N–H and O–H groups in total. The molecule has 1 unspecified atom stereocenters. The molecule has 1 aromatic heterocycles. The number of amides is 2. The Kier molecular flexibility index (Phi) is 3.28. The van der Waals surface area contributed by atoms with Crippen LogP contribution in [0, 0.1) is 0 Å². The molecule has 0 saturated carbocycles. The molecular weight excluding hydrogens is 278 g/mol. The van der Waals surface area contributed by atoms with Crippen molar-refractivity contribution in [1.82, 2.24) is 10.3 Å². The van der Waals surface area contributed by atoms with Crippen LogP contribution in [0.25, 0.3) is 10.9 Å². The van der Waals surface area contributed by atoms with Gasteiger partial charge in [0.25, 0.3) is 0 Å². The Hall–Kier alpha value is -2.14. The summed E-state index contributed by atoms with van der Waals surface area (Å²) in [6.45, 7) is 0. The molecule has 5 nitrogen and oxygen atoms in total. The number of nitrogens with one attached hydrogen (secondary N) is 2. The van der Waals surface area contributed by atoms with Crippen LogP contribution in [0.5, 0.6) is 0 Å². The first-order valence-corrected chi connectivity index (χ1v) is 6.66. The lowest BCUT2D eigenvalue weighted by Gasteiger charge is -2.12. The third-order valence-electron chi connectivity index (χ3n) is 3.29. The Balaban J connectivity index is 1.89. The molecule has 2 heterocycles. The van der Waals surface area contributed by atoms with Crippen LogP contribution in [0.2, 0.25) is 5.02 Å². The fourth-order valence-corrected chi connectivity index (χ4v) is 2.48. The van der Waals surface area contributed by atoms with Gasteiger partial charge in [-0.05, 0) is 30.7 Å². The van der Waals surface area contributed by atoms with Crippen molar-refractivity contribution in [2.75, 3.05) is 5.32 Å². The van der Waals surface area contributed by atoms with Crippen LogP contribution in [0.4, 0.5) is 5.69 Å². The minimum Gasteiger partial charge on any atom is -0.344 e. The van der Waals surface area contributed by atoms with Gasteiger partial charge in [-0.1, -0.05) is 11.6 Å². The SMILES string of the molecule is O=C1CCC(C(=O)Nc2ccc(Cl)c3cccnc23)N1. The van der Waals surface area contributed by atoms with E-state index in [4.69, 9.17) is 11.6 Å². The normalized spacial score (nSPS) is 18.1. The fourth-order valence-electron chi connectivity index (χ4n) is 2.27. The van der Waals surface area contributed by atoms with E-state index >= 15 is 0 Å². The van der Waals surface area contributed by atoms with Gasteiger partial charge < -0.3 is 10.6 Å². The van der Waals surface area contributed by atoms with E-state index in [0.29, 0.717) is 29.1 Å². The molecule has 2 amide bonds. The van der Waals surface area contributed by atoms with Crippen molar-refractivity contribution < 1.29 is 9.59 Å². The molecule has 0 aliphatic carbocycles. The predicted molar refractivity (Wildman–Crippen MR) is 76.5 cm³/mol. The van der Waals surface area contributed by atoms with Gasteiger partial charge in [-0.25, -0.2) is 0 Å². The maximum absolute atomic E-state index is 12.1. The third-order valence-corrected chi connectivity index (χ3v) is 3.62. The molecular formula is C14H12ClN3O2. The van der Waals surface area contributed by atoms with Crippen LogP contribution in [0.15, 0.2) is 30.5 Å². The molecule has 2 aromatic rings. The van der Waals surface area contributed by atoms with Gasteiger partial charge in [-0.3, -0.25) is 14.6 Å². The number of carbonyl (C=O) groups is 2. The number of hydrogen-bond donors (Lipinski definition) is 2. The molecule has 1 aliphatic rings. The highest BCUT2D eigenvalue weighted by Crippen LogP contribution is 2.28. The molecule has 0 radical (unpaired) electrons. The van der Waals surface area contributed by atoms with Crippen molar-refractivity contribution in [3.63, 3.8) is 0 Å². The minimum absolute atomic E-state index is 0.0933. The molecule has 3 rings (SSSR count). The second-order valence-electron chi connectivity index (χ2n) is 4.64. The Morgan fingerprint density at radius 1 is 1.40 bits per heavy atom. The fraction of sp³-hybridized carbons (Fsp3) is 0.214. The first kappa shape index (κ1) is 12.9. The summed E-state index contributed by atoms with van der Waals surface area (Å²) in [4.78, 5) is 27.5. The van der Waals surface area contributed by atoms with Gasteiger partial charge in [0, 0.05) is 18.0 Å². The first-order chi connectivity index (χ1) is 9.65. The zero-order valence-corrected chi connectivity index (χ0v) is 11.3. The molecule has 0 spiro atoms. The zero-order chi connectivity index (χ0) is 14.1. The van der Waals surface area contributed by atoms with Crippen molar-refractivity contribution in [3.8, 4) is 0 Å². The number of fused-ring (bicyclic) bond motifs is 1. The largest absolute Gasteiger partial charge is 0.344 e. The summed E-state index contributed by atoms with van der Waals surface area (Å²) in [5.74, 6) is -0.325. The first-order valence-electron chi connectivity index (χ1n) is 6.28. The summed E-state index contributed by atoms with van der Waals surface area (Å²) < 4.78 is 0. The number of carbonyl (C=O) groups excluding carboxylic acids is 2. The molecule has 1 saturated heterocycles. The molecule has 6 heteroatoms. The summed E-state index contributed by atoms with van der Waals surface area (Å²) in [5.41, 5.74) is 1.23. The average Bonchev–Trinajstić information content (AvgIpc) is 2.89. The molecule has 20 heavy (non-hydrogen) atoms. The smallest absolute Gasteiger partial charge is 0.247 e. The van der Waals surface area contributed by atoms with Gasteiger partial charge >= 0.3 is 0 Å². The van der Waals surface area contributed by atoms with Gasteiger partial charge in [0.15, 0.2) is 0 Å². The van der Waals surface area contributed by atoms with Crippen LogP contribution >= 0.6 is 11.6 Å². The van der Waals surface area contributed by atoms with Gasteiger partial charge in [-0.15, -0.1) is 0 Å². The van der Waals surface area contributed by atoms with E-state index < -0.39 is 6.04 Å². The van der Waals surface area contributed by atoms with Gasteiger partial charge in [0.2, 0.25) is 11.8 Å². The van der Waals surface area contributed by atoms with E-state index in [1.807, 2.05) is 6.07 Å². The van der Waals surface area contributed by atoms with Crippen molar-refractivity contribution >= 4 is 40.0 Å². The van der Waals surface area contributed by atoms with Crippen LogP contribution in [0.1, 0.15) is 12.8 Å². The van der Waals surface area contributed by atoms with E-state index in [1.165, 1.54) is 0 Å². The average molecular weight is 290 g/mol. The maximum atomic E-state index is 12.1. The van der Waals surface area contributed by atoms with Crippen molar-refractivity contribution in [3.05, 3.63) is 35.5 Å². The van der Waals surface area contributed by atoms with E-state index in [9.17, 15) is 9.59 Å². The molecule has 1 atom stereocenters. The number of pyridine rings is 1. The minimum atomic E-state index is -0.475. The molecule has 0 bridgehead atoms. The van der Waals surface area contributed by atoms with E-state index in [2.05, 4.69) is 15.6 Å². The monoisotopic (exact) mass is 289 g/mol. The standard InChI is InChI=1S/C14H12ClN3O2/c15-9-3-4-10(13-8(9)2-1-7-16-13)18-14(20)11-5-6-12(19)17-11/h1-4,7,11H,5-6H2,(H,17,19)(H,18,20).